The molecule has 0 spiro atoms. The third kappa shape index (κ3) is 4.23. The topological polar surface area (TPSA) is 57.4 Å². The van der Waals surface area contributed by atoms with Gasteiger partial charge in [-0.15, -0.1) is 0 Å². The van der Waals surface area contributed by atoms with Crippen LogP contribution in [-0.4, -0.2) is 11.6 Å². The Labute approximate surface area is 127 Å². The molecule has 2 aromatic rings. The molecule has 0 fully saturated rings. The number of ether oxygens (including phenoxy) is 2. The molecule has 4 nitrogen and oxygen atoms in total. The molecule has 0 unspecified atom stereocenters. The van der Waals surface area contributed by atoms with Crippen molar-refractivity contribution in [1.82, 2.24) is 4.98 Å². The highest BCUT2D eigenvalue weighted by Crippen LogP contribution is 2.28. The van der Waals surface area contributed by atoms with E-state index in [2.05, 4.69) is 4.98 Å². The molecule has 1 aromatic heterocycles. The first-order chi connectivity index (χ1) is 9.95. The zero-order valence-corrected chi connectivity index (χ0v) is 12.5. The Kier molecular flexibility index (Phi) is 4.85. The van der Waals surface area contributed by atoms with E-state index in [9.17, 15) is 4.39 Å². The van der Waals surface area contributed by atoms with Crippen LogP contribution in [0.1, 0.15) is 13.8 Å². The number of benzene rings is 1. The van der Waals surface area contributed by atoms with Crippen molar-refractivity contribution in [1.29, 1.82) is 0 Å². The monoisotopic (exact) mass is 310 g/mol. The Morgan fingerprint density at radius 1 is 1.29 bits per heavy atom. The smallest absolute Gasteiger partial charge is 0.240 e. The van der Waals surface area contributed by atoms with Crippen LogP contribution in [-0.2, 0) is 0 Å². The third-order valence-electron chi connectivity index (χ3n) is 2.53. The zero-order chi connectivity index (χ0) is 15.4. The second-order valence-corrected chi connectivity index (χ2v) is 5.33. The normalized spacial score (nSPS) is 10.7. The summed E-state index contributed by atoms with van der Waals surface area (Å²) in [5.74, 6) is 0.843. The highest BCUT2D eigenvalue weighted by Gasteiger charge is 2.08. The second-order valence-electron chi connectivity index (χ2n) is 4.93. The predicted molar refractivity (Wildman–Crippen MR) is 80.5 cm³/mol. The summed E-state index contributed by atoms with van der Waals surface area (Å²) in [6.07, 6.45) is 0. The van der Waals surface area contributed by atoms with Gasteiger partial charge >= 0.3 is 0 Å². The Balaban J connectivity index is 2.16. The van der Waals surface area contributed by atoms with E-state index in [1.165, 1.54) is 18.2 Å². The number of nitrogen functional groups attached to an aromatic ring is 1. The van der Waals surface area contributed by atoms with E-state index in [-0.39, 0.29) is 5.02 Å². The lowest BCUT2D eigenvalue weighted by Gasteiger charge is -2.11. The zero-order valence-electron chi connectivity index (χ0n) is 11.8. The lowest BCUT2D eigenvalue weighted by atomic mass is 10.2. The van der Waals surface area contributed by atoms with E-state index in [1.807, 2.05) is 13.8 Å². The summed E-state index contributed by atoms with van der Waals surface area (Å²) >= 11 is 5.70. The van der Waals surface area contributed by atoms with Crippen molar-refractivity contribution < 1.29 is 13.9 Å². The molecule has 0 radical (unpaired) electrons. The van der Waals surface area contributed by atoms with Gasteiger partial charge in [0.1, 0.15) is 11.6 Å². The molecular formula is C15H16ClFN2O2. The average Bonchev–Trinajstić information content (AvgIpc) is 2.43. The molecule has 0 atom stereocenters. The summed E-state index contributed by atoms with van der Waals surface area (Å²) in [5, 5.41) is -0.0146. The quantitative estimate of drug-likeness (QED) is 0.895. The molecule has 2 rings (SSSR count). The van der Waals surface area contributed by atoms with Gasteiger partial charge in [-0.25, -0.2) is 4.39 Å². The number of hydrogen-bond acceptors (Lipinski definition) is 4. The van der Waals surface area contributed by atoms with Crippen LogP contribution in [0.15, 0.2) is 30.3 Å². The lowest BCUT2D eigenvalue weighted by Crippen LogP contribution is -2.07. The van der Waals surface area contributed by atoms with Gasteiger partial charge < -0.3 is 15.2 Å². The fraction of sp³-hybridized carbons (Fsp3) is 0.267. The number of anilines is 1. The lowest BCUT2D eigenvalue weighted by molar-refractivity contribution is 0.260. The number of rotatable bonds is 5. The van der Waals surface area contributed by atoms with Crippen molar-refractivity contribution in [2.75, 3.05) is 12.3 Å². The second kappa shape index (κ2) is 6.63. The Morgan fingerprint density at radius 3 is 2.71 bits per heavy atom. The maximum atomic E-state index is 13.1. The van der Waals surface area contributed by atoms with Gasteiger partial charge in [0.15, 0.2) is 0 Å². The van der Waals surface area contributed by atoms with E-state index in [1.54, 1.807) is 12.1 Å². The molecule has 0 aliphatic heterocycles. The van der Waals surface area contributed by atoms with Gasteiger partial charge in [-0.3, -0.25) is 0 Å². The molecule has 0 bridgehead atoms. The molecular weight excluding hydrogens is 295 g/mol. The highest BCUT2D eigenvalue weighted by molar-refractivity contribution is 6.30. The van der Waals surface area contributed by atoms with E-state index >= 15 is 0 Å². The molecule has 6 heteroatoms. The van der Waals surface area contributed by atoms with Crippen molar-refractivity contribution in [3.63, 3.8) is 0 Å². The van der Waals surface area contributed by atoms with Gasteiger partial charge in [0, 0.05) is 12.1 Å². The van der Waals surface area contributed by atoms with E-state index in [0.29, 0.717) is 35.7 Å². The van der Waals surface area contributed by atoms with Crippen molar-refractivity contribution in [3.05, 3.63) is 41.2 Å². The SMILES string of the molecule is CC(C)COc1nc(Oc2ccc(F)c(Cl)c2)ccc1N. The highest BCUT2D eigenvalue weighted by atomic mass is 35.5. The number of halogens is 2. The first-order valence-electron chi connectivity index (χ1n) is 6.48. The number of aromatic nitrogens is 1. The van der Waals surface area contributed by atoms with Crippen LogP contribution in [0, 0.1) is 11.7 Å². The van der Waals surface area contributed by atoms with Crippen molar-refractivity contribution in [2.45, 2.75) is 13.8 Å². The third-order valence-corrected chi connectivity index (χ3v) is 2.82. The molecule has 0 saturated heterocycles. The summed E-state index contributed by atoms with van der Waals surface area (Å²) in [6, 6.07) is 7.32. The predicted octanol–water partition coefficient (Wildman–Crippen LogP) is 4.28. The standard InChI is InChI=1S/C15H16ClFN2O2/c1-9(2)8-20-15-13(18)5-6-14(19-15)21-10-3-4-12(17)11(16)7-10/h3-7,9H,8,18H2,1-2H3. The molecule has 112 valence electrons. The minimum absolute atomic E-state index is 0.0146. The minimum Gasteiger partial charge on any atom is -0.476 e. The summed E-state index contributed by atoms with van der Waals surface area (Å²) in [7, 11) is 0. The van der Waals surface area contributed by atoms with Crippen molar-refractivity contribution in [2.24, 2.45) is 5.92 Å². The first kappa shape index (κ1) is 15.4. The summed E-state index contributed by atoms with van der Waals surface area (Å²) in [4.78, 5) is 4.19. The van der Waals surface area contributed by atoms with Gasteiger partial charge in [-0.1, -0.05) is 25.4 Å². The number of nitrogens with zero attached hydrogens (tertiary/aromatic N) is 1. The molecule has 0 aliphatic carbocycles. The molecule has 2 N–H and O–H groups in total. The van der Waals surface area contributed by atoms with Crippen LogP contribution in [0.5, 0.6) is 17.5 Å². The molecule has 0 saturated carbocycles. The fourth-order valence-electron chi connectivity index (χ4n) is 1.51. The molecule has 1 heterocycles. The first-order valence-corrected chi connectivity index (χ1v) is 6.85. The van der Waals surface area contributed by atoms with E-state index in [0.717, 1.165) is 0 Å². The van der Waals surface area contributed by atoms with E-state index in [4.69, 9.17) is 26.8 Å². The molecule has 0 aliphatic rings. The minimum atomic E-state index is -0.504. The number of nitrogens with two attached hydrogens (primary N) is 1. The Morgan fingerprint density at radius 2 is 2.05 bits per heavy atom. The van der Waals surface area contributed by atoms with Crippen molar-refractivity contribution in [3.8, 4) is 17.5 Å². The van der Waals surface area contributed by atoms with Crippen LogP contribution >= 0.6 is 11.6 Å². The van der Waals surface area contributed by atoms with E-state index < -0.39 is 5.82 Å². The van der Waals surface area contributed by atoms with Gasteiger partial charge in [-0.2, -0.15) is 4.98 Å². The maximum Gasteiger partial charge on any atom is 0.240 e. The van der Waals surface area contributed by atoms with Crippen molar-refractivity contribution >= 4 is 17.3 Å². The molecule has 1 aromatic carbocycles. The molecule has 0 amide bonds. The van der Waals surface area contributed by atoms with Crippen LogP contribution < -0.4 is 15.2 Å². The number of hydrogen-bond donors (Lipinski definition) is 1. The van der Waals surface area contributed by atoms with Gasteiger partial charge in [0.2, 0.25) is 11.8 Å². The summed E-state index contributed by atoms with van der Waals surface area (Å²) in [6.45, 7) is 4.55. The Hall–Kier alpha value is -2.01. The van der Waals surface area contributed by atoms with Crippen LogP contribution in [0.4, 0.5) is 10.1 Å². The maximum absolute atomic E-state index is 13.1. The van der Waals surface area contributed by atoms with Crippen LogP contribution in [0.2, 0.25) is 5.02 Å². The summed E-state index contributed by atoms with van der Waals surface area (Å²) in [5.41, 5.74) is 6.23. The van der Waals surface area contributed by atoms with Crippen LogP contribution in [0.25, 0.3) is 0 Å². The summed E-state index contributed by atoms with van der Waals surface area (Å²) < 4.78 is 24.1. The Bertz CT molecular complexity index is 635. The van der Waals surface area contributed by atoms with Gasteiger partial charge in [0.05, 0.1) is 17.3 Å². The largest absolute Gasteiger partial charge is 0.476 e. The average molecular weight is 311 g/mol. The van der Waals surface area contributed by atoms with Gasteiger partial charge in [0.25, 0.3) is 0 Å². The fourth-order valence-corrected chi connectivity index (χ4v) is 1.68. The molecule has 21 heavy (non-hydrogen) atoms. The number of pyridine rings is 1. The van der Waals surface area contributed by atoms with Crippen LogP contribution in [0.3, 0.4) is 0 Å². The van der Waals surface area contributed by atoms with Gasteiger partial charge in [-0.05, 0) is 24.1 Å².